The van der Waals surface area contributed by atoms with Crippen molar-refractivity contribution in [3.05, 3.63) is 63.6 Å². The first-order valence-corrected chi connectivity index (χ1v) is 13.1. The minimum absolute atomic E-state index is 0.0788. The molecular formula is C24H29Cl2N3O4S. The zero-order valence-electron chi connectivity index (χ0n) is 19.0. The van der Waals surface area contributed by atoms with Gasteiger partial charge in [0.25, 0.3) is 17.2 Å². The van der Waals surface area contributed by atoms with Crippen molar-refractivity contribution in [2.75, 3.05) is 23.9 Å². The Bertz CT molecular complexity index is 1040. The molecular weight excluding hydrogens is 497 g/mol. The number of hydrogen-bond acceptors (Lipinski definition) is 3. The second-order valence-corrected chi connectivity index (χ2v) is 9.94. The van der Waals surface area contributed by atoms with Gasteiger partial charge in [0, 0.05) is 38.2 Å². The summed E-state index contributed by atoms with van der Waals surface area (Å²) in [6.07, 6.45) is 4.21. The van der Waals surface area contributed by atoms with Gasteiger partial charge in [0.15, 0.2) is 0 Å². The molecule has 0 radical (unpaired) electrons. The molecule has 3 rings (SSSR count). The van der Waals surface area contributed by atoms with Gasteiger partial charge >= 0.3 is 0 Å². The number of carbonyl (C=O) groups excluding carboxylic acids is 2. The van der Waals surface area contributed by atoms with E-state index in [4.69, 9.17) is 23.2 Å². The molecule has 0 saturated carbocycles. The van der Waals surface area contributed by atoms with Gasteiger partial charge in [0.05, 0.1) is 15.7 Å². The molecule has 34 heavy (non-hydrogen) atoms. The van der Waals surface area contributed by atoms with Crippen LogP contribution in [-0.2, 0) is 22.5 Å². The lowest BCUT2D eigenvalue weighted by Gasteiger charge is -2.35. The lowest BCUT2D eigenvalue weighted by atomic mass is 9.99. The van der Waals surface area contributed by atoms with Crippen LogP contribution in [0.3, 0.4) is 0 Å². The number of nitrogens with one attached hydrogen (secondary N) is 1. The van der Waals surface area contributed by atoms with Gasteiger partial charge in [-0.2, -0.15) is 0 Å². The Morgan fingerprint density at radius 1 is 1.18 bits per heavy atom. The summed E-state index contributed by atoms with van der Waals surface area (Å²) in [5.41, 5.74) is 1.74. The predicted octanol–water partition coefficient (Wildman–Crippen LogP) is 4.70. The largest absolute Gasteiger partial charge is 0.352 e. The van der Waals surface area contributed by atoms with Crippen LogP contribution < -0.4 is 9.62 Å². The Labute approximate surface area is 212 Å². The highest BCUT2D eigenvalue weighted by atomic mass is 35.5. The van der Waals surface area contributed by atoms with E-state index in [2.05, 4.69) is 5.32 Å². The van der Waals surface area contributed by atoms with E-state index >= 15 is 0 Å². The normalized spacial score (nSPS) is 16.7. The maximum Gasteiger partial charge on any atom is 0.261 e. The lowest BCUT2D eigenvalue weighted by molar-refractivity contribution is -0.132. The number of nitrogens with zero attached hydrogens (tertiary/aromatic N) is 2. The number of piperidine rings is 1. The third-order valence-corrected chi connectivity index (χ3v) is 7.65. The molecule has 1 heterocycles. The van der Waals surface area contributed by atoms with Gasteiger partial charge in [0.2, 0.25) is 5.91 Å². The highest BCUT2D eigenvalue weighted by Gasteiger charge is 2.24. The van der Waals surface area contributed by atoms with E-state index in [1.54, 1.807) is 43.3 Å². The monoisotopic (exact) mass is 525 g/mol. The average Bonchev–Trinajstić information content (AvgIpc) is 2.82. The van der Waals surface area contributed by atoms with Crippen LogP contribution in [0.2, 0.25) is 10.0 Å². The molecule has 1 saturated heterocycles. The Kier molecular flexibility index (Phi) is 9.76. The van der Waals surface area contributed by atoms with Gasteiger partial charge in [0.1, 0.15) is 0 Å². The average molecular weight is 526 g/mol. The van der Waals surface area contributed by atoms with Crippen LogP contribution in [0.4, 0.5) is 5.69 Å². The van der Waals surface area contributed by atoms with Crippen molar-refractivity contribution in [3.8, 4) is 0 Å². The molecule has 2 aromatic carbocycles. The molecule has 0 spiro atoms. The molecule has 1 aliphatic heterocycles. The van der Waals surface area contributed by atoms with Crippen molar-refractivity contribution in [1.29, 1.82) is 0 Å². The number of anilines is 1. The summed E-state index contributed by atoms with van der Waals surface area (Å²) < 4.78 is 23.0. The first-order valence-electron chi connectivity index (χ1n) is 11.2. The number of hydrogen-bond donors (Lipinski definition) is 2. The quantitative estimate of drug-likeness (QED) is 0.464. The van der Waals surface area contributed by atoms with E-state index < -0.39 is 11.3 Å². The van der Waals surface area contributed by atoms with Gasteiger partial charge in [-0.15, -0.1) is 0 Å². The standard InChI is InChI=1S/C24H29Cl2N3O4S/c1-17(30)28-15-3-2-6-20(28)12-14-27-24(31)19-8-10-21(11-9-19)29(34(32)33)16-13-18-5-4-7-22(25)23(18)26/h4-5,7-11,20H,2-3,6,12-16H2,1H3,(H,27,31)(H,32,33). The van der Waals surface area contributed by atoms with Crippen molar-refractivity contribution < 1.29 is 18.4 Å². The van der Waals surface area contributed by atoms with Crippen LogP contribution in [0.25, 0.3) is 0 Å². The minimum Gasteiger partial charge on any atom is -0.352 e. The van der Waals surface area contributed by atoms with Gasteiger partial charge in [-0.1, -0.05) is 35.3 Å². The van der Waals surface area contributed by atoms with Gasteiger partial charge < -0.3 is 10.2 Å². The summed E-state index contributed by atoms with van der Waals surface area (Å²) in [5, 5.41) is 3.77. The molecule has 1 fully saturated rings. The van der Waals surface area contributed by atoms with E-state index in [0.29, 0.717) is 40.7 Å². The number of amides is 2. The highest BCUT2D eigenvalue weighted by molar-refractivity contribution is 7.80. The van der Waals surface area contributed by atoms with Crippen LogP contribution in [0, 0.1) is 0 Å². The molecule has 10 heteroatoms. The van der Waals surface area contributed by atoms with Crippen molar-refractivity contribution in [3.63, 3.8) is 0 Å². The molecule has 2 aromatic rings. The molecule has 2 atom stereocenters. The molecule has 7 nitrogen and oxygen atoms in total. The topological polar surface area (TPSA) is 90.0 Å². The Hall–Kier alpha value is -2.13. The van der Waals surface area contributed by atoms with Gasteiger partial charge in [-0.05, 0) is 68.0 Å². The fourth-order valence-electron chi connectivity index (χ4n) is 4.21. The molecule has 0 aromatic heterocycles. The smallest absolute Gasteiger partial charge is 0.261 e. The zero-order chi connectivity index (χ0) is 24.7. The number of rotatable bonds is 9. The third-order valence-electron chi connectivity index (χ3n) is 6.02. The zero-order valence-corrected chi connectivity index (χ0v) is 21.3. The van der Waals surface area contributed by atoms with Gasteiger partial charge in [-0.3, -0.25) is 18.4 Å². The van der Waals surface area contributed by atoms with Crippen LogP contribution in [0.1, 0.15) is 48.5 Å². The van der Waals surface area contributed by atoms with E-state index in [-0.39, 0.29) is 24.4 Å². The van der Waals surface area contributed by atoms with Crippen molar-refractivity contribution in [1.82, 2.24) is 10.2 Å². The lowest BCUT2D eigenvalue weighted by Crippen LogP contribution is -2.44. The maximum atomic E-state index is 12.6. The van der Waals surface area contributed by atoms with Crippen LogP contribution in [0.15, 0.2) is 42.5 Å². The Morgan fingerprint density at radius 3 is 2.59 bits per heavy atom. The first-order chi connectivity index (χ1) is 16.3. The Morgan fingerprint density at radius 2 is 1.91 bits per heavy atom. The van der Waals surface area contributed by atoms with E-state index in [0.717, 1.165) is 31.4 Å². The number of likely N-dealkylation sites (tertiary alicyclic amines) is 1. The highest BCUT2D eigenvalue weighted by Crippen LogP contribution is 2.27. The summed E-state index contributed by atoms with van der Waals surface area (Å²) in [6, 6.07) is 12.0. The second-order valence-electron chi connectivity index (χ2n) is 8.25. The minimum atomic E-state index is -2.25. The number of halogens is 2. The van der Waals surface area contributed by atoms with Crippen molar-refractivity contribution in [2.45, 2.75) is 45.1 Å². The Balaban J connectivity index is 1.56. The predicted molar refractivity (Wildman–Crippen MR) is 137 cm³/mol. The van der Waals surface area contributed by atoms with Crippen molar-refractivity contribution in [2.24, 2.45) is 0 Å². The summed E-state index contributed by atoms with van der Waals surface area (Å²) in [4.78, 5) is 26.3. The fourth-order valence-corrected chi connectivity index (χ4v) is 5.17. The molecule has 2 N–H and O–H groups in total. The summed E-state index contributed by atoms with van der Waals surface area (Å²) in [6.45, 7) is 3.08. The van der Waals surface area contributed by atoms with Crippen LogP contribution >= 0.6 is 23.2 Å². The molecule has 2 amide bonds. The molecule has 2 unspecified atom stereocenters. The van der Waals surface area contributed by atoms with Crippen LogP contribution in [0.5, 0.6) is 0 Å². The SMILES string of the molecule is CC(=O)N1CCCCC1CCNC(=O)c1ccc(N(CCc2cccc(Cl)c2Cl)S(=O)O)cc1. The fraction of sp³-hybridized carbons (Fsp3) is 0.417. The summed E-state index contributed by atoms with van der Waals surface area (Å²) >= 11 is 10.0. The van der Waals surface area contributed by atoms with Crippen LogP contribution in [-0.4, -0.2) is 51.2 Å². The maximum absolute atomic E-state index is 12.6. The van der Waals surface area contributed by atoms with E-state index in [9.17, 15) is 18.4 Å². The molecule has 184 valence electrons. The van der Waals surface area contributed by atoms with E-state index in [1.165, 1.54) is 4.31 Å². The van der Waals surface area contributed by atoms with E-state index in [1.807, 2.05) is 11.0 Å². The summed E-state index contributed by atoms with van der Waals surface area (Å²) in [5.74, 6) is -0.144. The summed E-state index contributed by atoms with van der Waals surface area (Å²) in [7, 11) is 0. The molecule has 0 bridgehead atoms. The molecule has 0 aliphatic carbocycles. The number of carbonyl (C=O) groups is 2. The first kappa shape index (κ1) is 26.5. The second kappa shape index (κ2) is 12.5. The third kappa shape index (κ3) is 6.95. The van der Waals surface area contributed by atoms with Crippen molar-refractivity contribution >= 4 is 52.0 Å². The number of benzene rings is 2. The van der Waals surface area contributed by atoms with Gasteiger partial charge in [-0.25, -0.2) is 4.21 Å². The molecule has 1 aliphatic rings.